The molecule has 0 aliphatic rings. The van der Waals surface area contributed by atoms with Gasteiger partial charge in [-0.25, -0.2) is 4.98 Å². The molecule has 0 radical (unpaired) electrons. The zero-order valence-corrected chi connectivity index (χ0v) is 16.1. The first kappa shape index (κ1) is 17.4. The van der Waals surface area contributed by atoms with Crippen molar-refractivity contribution >= 4 is 33.2 Å². The lowest BCUT2D eigenvalue weighted by Gasteiger charge is -2.12. The summed E-state index contributed by atoms with van der Waals surface area (Å²) in [6.07, 6.45) is 9.90. The van der Waals surface area contributed by atoms with E-state index in [1.807, 2.05) is 36.7 Å². The summed E-state index contributed by atoms with van der Waals surface area (Å²) in [5.74, 6) is 1.65. The molecule has 4 rings (SSSR count). The van der Waals surface area contributed by atoms with Gasteiger partial charge in [0.2, 0.25) is 0 Å². The highest BCUT2D eigenvalue weighted by Gasteiger charge is 2.10. The van der Waals surface area contributed by atoms with Crippen LogP contribution in [0.1, 0.15) is 11.1 Å². The van der Waals surface area contributed by atoms with E-state index in [9.17, 15) is 0 Å². The van der Waals surface area contributed by atoms with Gasteiger partial charge in [-0.05, 0) is 45.6 Å². The van der Waals surface area contributed by atoms with Crippen molar-refractivity contribution in [1.29, 1.82) is 0 Å². The SMILES string of the molecule is Brc1cnn2c(NCc3cccnc3)cc(NCCc3cccnc3)nc12. The molecule has 4 aromatic rings. The molecular formula is C19H18BrN7. The maximum atomic E-state index is 4.66. The molecule has 0 aromatic carbocycles. The molecule has 0 amide bonds. The Morgan fingerprint density at radius 2 is 1.74 bits per heavy atom. The van der Waals surface area contributed by atoms with Gasteiger partial charge in [-0.1, -0.05) is 12.1 Å². The number of nitrogens with one attached hydrogen (secondary N) is 2. The monoisotopic (exact) mass is 423 g/mol. The molecule has 8 heteroatoms. The molecule has 7 nitrogen and oxygen atoms in total. The van der Waals surface area contributed by atoms with E-state index in [0.717, 1.165) is 40.3 Å². The minimum absolute atomic E-state index is 0.652. The summed E-state index contributed by atoms with van der Waals surface area (Å²) < 4.78 is 2.63. The molecule has 0 aliphatic carbocycles. The summed E-state index contributed by atoms with van der Waals surface area (Å²) in [6.45, 7) is 1.42. The average Bonchev–Trinajstić information content (AvgIpc) is 3.09. The Labute approximate surface area is 165 Å². The molecular weight excluding hydrogens is 406 g/mol. The number of anilines is 2. The Balaban J connectivity index is 1.51. The van der Waals surface area contributed by atoms with Crippen molar-refractivity contribution in [3.63, 3.8) is 0 Å². The Morgan fingerprint density at radius 1 is 0.963 bits per heavy atom. The minimum Gasteiger partial charge on any atom is -0.370 e. The van der Waals surface area contributed by atoms with Crippen LogP contribution in [0.2, 0.25) is 0 Å². The van der Waals surface area contributed by atoms with Gasteiger partial charge in [-0.15, -0.1) is 0 Å². The molecule has 0 bridgehead atoms. The van der Waals surface area contributed by atoms with Crippen molar-refractivity contribution in [2.45, 2.75) is 13.0 Å². The van der Waals surface area contributed by atoms with Crippen LogP contribution in [0.3, 0.4) is 0 Å². The number of pyridine rings is 2. The summed E-state index contributed by atoms with van der Waals surface area (Å²) >= 11 is 3.52. The van der Waals surface area contributed by atoms with Gasteiger partial charge < -0.3 is 10.6 Å². The van der Waals surface area contributed by atoms with Crippen LogP contribution in [0.15, 0.2) is 65.8 Å². The van der Waals surface area contributed by atoms with E-state index in [1.165, 1.54) is 5.56 Å². The highest BCUT2D eigenvalue weighted by molar-refractivity contribution is 9.10. The lowest BCUT2D eigenvalue weighted by molar-refractivity contribution is 0.918. The van der Waals surface area contributed by atoms with E-state index in [4.69, 9.17) is 0 Å². The lowest BCUT2D eigenvalue weighted by Crippen LogP contribution is -2.10. The van der Waals surface area contributed by atoms with Crippen molar-refractivity contribution in [3.05, 3.63) is 76.9 Å². The molecule has 0 atom stereocenters. The van der Waals surface area contributed by atoms with Crippen LogP contribution < -0.4 is 10.6 Å². The molecule has 2 N–H and O–H groups in total. The predicted octanol–water partition coefficient (Wildman–Crippen LogP) is 3.55. The summed E-state index contributed by atoms with van der Waals surface area (Å²) in [7, 11) is 0. The fourth-order valence-corrected chi connectivity index (χ4v) is 3.08. The molecule has 0 fully saturated rings. The zero-order valence-electron chi connectivity index (χ0n) is 14.5. The molecule has 0 saturated carbocycles. The van der Waals surface area contributed by atoms with Gasteiger partial charge in [-0.3, -0.25) is 9.97 Å². The first-order valence-corrected chi connectivity index (χ1v) is 9.39. The van der Waals surface area contributed by atoms with Crippen LogP contribution in [0, 0.1) is 0 Å². The highest BCUT2D eigenvalue weighted by atomic mass is 79.9. The maximum Gasteiger partial charge on any atom is 0.173 e. The van der Waals surface area contributed by atoms with Crippen LogP contribution in [0.4, 0.5) is 11.6 Å². The fraction of sp³-hybridized carbons (Fsp3) is 0.158. The quantitative estimate of drug-likeness (QED) is 0.473. The van der Waals surface area contributed by atoms with Gasteiger partial charge in [-0.2, -0.15) is 9.61 Å². The summed E-state index contributed by atoms with van der Waals surface area (Å²) in [6, 6.07) is 9.94. The van der Waals surface area contributed by atoms with Gasteiger partial charge in [0.15, 0.2) is 5.65 Å². The molecule has 0 unspecified atom stereocenters. The molecule has 0 saturated heterocycles. The Morgan fingerprint density at radius 3 is 2.48 bits per heavy atom. The molecule has 27 heavy (non-hydrogen) atoms. The molecule has 4 aromatic heterocycles. The van der Waals surface area contributed by atoms with Crippen molar-refractivity contribution in [2.24, 2.45) is 0 Å². The summed E-state index contributed by atoms with van der Waals surface area (Å²) in [4.78, 5) is 13.0. The summed E-state index contributed by atoms with van der Waals surface area (Å²) in [5.41, 5.74) is 3.04. The van der Waals surface area contributed by atoms with E-state index >= 15 is 0 Å². The van der Waals surface area contributed by atoms with E-state index in [1.54, 1.807) is 23.1 Å². The molecule has 4 heterocycles. The number of nitrogens with zero attached hydrogens (tertiary/aromatic N) is 5. The number of halogens is 1. The van der Waals surface area contributed by atoms with E-state index in [-0.39, 0.29) is 0 Å². The smallest absolute Gasteiger partial charge is 0.173 e. The molecule has 0 aliphatic heterocycles. The number of aromatic nitrogens is 5. The van der Waals surface area contributed by atoms with E-state index < -0.39 is 0 Å². The molecule has 0 spiro atoms. The summed E-state index contributed by atoms with van der Waals surface area (Å²) in [5, 5.41) is 11.2. The number of hydrogen-bond acceptors (Lipinski definition) is 6. The van der Waals surface area contributed by atoms with Crippen LogP contribution in [0.25, 0.3) is 5.65 Å². The first-order chi connectivity index (χ1) is 13.3. The third-order valence-electron chi connectivity index (χ3n) is 4.07. The van der Waals surface area contributed by atoms with Gasteiger partial charge in [0.1, 0.15) is 11.6 Å². The predicted molar refractivity (Wildman–Crippen MR) is 109 cm³/mol. The Kier molecular flexibility index (Phi) is 5.24. The van der Waals surface area contributed by atoms with Crippen molar-refractivity contribution in [3.8, 4) is 0 Å². The largest absolute Gasteiger partial charge is 0.370 e. The number of rotatable bonds is 7. The maximum absolute atomic E-state index is 4.66. The van der Waals surface area contributed by atoms with E-state index in [0.29, 0.717) is 6.54 Å². The molecule has 136 valence electrons. The van der Waals surface area contributed by atoms with Gasteiger partial charge in [0, 0.05) is 43.9 Å². The second kappa shape index (κ2) is 8.13. The minimum atomic E-state index is 0.652. The standard InChI is InChI=1S/C19H18BrN7/c20-16-13-25-27-18(24-12-15-4-2-7-22-11-15)9-17(26-19(16)27)23-8-5-14-3-1-6-21-10-14/h1-4,6-7,9-11,13,24H,5,8,12H2,(H,23,26). The first-order valence-electron chi connectivity index (χ1n) is 8.59. The topological polar surface area (TPSA) is 80.0 Å². The van der Waals surface area contributed by atoms with Gasteiger partial charge >= 0.3 is 0 Å². The van der Waals surface area contributed by atoms with E-state index in [2.05, 4.69) is 52.7 Å². The lowest BCUT2D eigenvalue weighted by atomic mass is 10.2. The normalized spacial score (nSPS) is 10.9. The Hall–Kier alpha value is -3.00. The Bertz CT molecular complexity index is 1020. The van der Waals surface area contributed by atoms with Crippen LogP contribution >= 0.6 is 15.9 Å². The number of hydrogen-bond donors (Lipinski definition) is 2. The zero-order chi connectivity index (χ0) is 18.5. The fourth-order valence-electron chi connectivity index (χ4n) is 2.73. The third-order valence-corrected chi connectivity index (χ3v) is 4.63. The van der Waals surface area contributed by atoms with Crippen LogP contribution in [-0.4, -0.2) is 31.1 Å². The van der Waals surface area contributed by atoms with Crippen LogP contribution in [-0.2, 0) is 13.0 Å². The highest BCUT2D eigenvalue weighted by Crippen LogP contribution is 2.22. The van der Waals surface area contributed by atoms with Gasteiger partial charge in [0.25, 0.3) is 0 Å². The third kappa shape index (κ3) is 4.22. The second-order valence-corrected chi connectivity index (χ2v) is 6.86. The van der Waals surface area contributed by atoms with Crippen molar-refractivity contribution < 1.29 is 0 Å². The van der Waals surface area contributed by atoms with Crippen molar-refractivity contribution in [1.82, 2.24) is 24.6 Å². The van der Waals surface area contributed by atoms with Crippen LogP contribution in [0.5, 0.6) is 0 Å². The second-order valence-electron chi connectivity index (χ2n) is 6.01. The van der Waals surface area contributed by atoms with Gasteiger partial charge in [0.05, 0.1) is 10.7 Å². The average molecular weight is 424 g/mol. The number of fused-ring (bicyclic) bond motifs is 1. The van der Waals surface area contributed by atoms with Crippen molar-refractivity contribution in [2.75, 3.05) is 17.2 Å².